The van der Waals surface area contributed by atoms with Crippen molar-refractivity contribution in [2.45, 2.75) is 32.3 Å². The fourth-order valence-corrected chi connectivity index (χ4v) is 3.76. The minimum Gasteiger partial charge on any atom is -0.481 e. The van der Waals surface area contributed by atoms with Crippen LogP contribution in [0.2, 0.25) is 0 Å². The lowest BCUT2D eigenvalue weighted by atomic mass is 9.61. The molecule has 0 aromatic rings. The third-order valence-electron chi connectivity index (χ3n) is 4.73. The first kappa shape index (κ1) is 19.9. The van der Waals surface area contributed by atoms with Gasteiger partial charge in [-0.1, -0.05) is 19.9 Å². The molecule has 1 aliphatic carbocycles. The van der Waals surface area contributed by atoms with Crippen molar-refractivity contribution in [3.05, 3.63) is 11.6 Å². The van der Waals surface area contributed by atoms with E-state index in [1.807, 2.05) is 13.8 Å². The summed E-state index contributed by atoms with van der Waals surface area (Å²) in [6.07, 6.45) is 2.31. The first-order chi connectivity index (χ1) is 10.7. The van der Waals surface area contributed by atoms with Crippen molar-refractivity contribution in [3.63, 3.8) is 0 Å². The molecule has 1 saturated carbocycles. The Bertz CT molecular complexity index is 475. The molecule has 0 aromatic carbocycles. The number of aliphatic carboxylic acids is 1. The van der Waals surface area contributed by atoms with E-state index in [0.717, 1.165) is 0 Å². The van der Waals surface area contributed by atoms with E-state index in [4.69, 9.17) is 11.6 Å². The molecule has 0 heterocycles. The second kappa shape index (κ2) is 8.13. The van der Waals surface area contributed by atoms with Crippen LogP contribution in [-0.2, 0) is 14.3 Å². The van der Waals surface area contributed by atoms with Crippen LogP contribution in [0.4, 0.5) is 0 Å². The summed E-state index contributed by atoms with van der Waals surface area (Å²) in [4.78, 5) is 23.5. The summed E-state index contributed by atoms with van der Waals surface area (Å²) >= 11 is 5.84. The molecule has 0 radical (unpaired) electrons. The number of aliphatic hydroxyl groups is 2. The monoisotopic (exact) mass is 348 g/mol. The normalized spacial score (nSPS) is 32.0. The molecule has 0 saturated heterocycles. The minimum atomic E-state index is -1.55. The second-order valence-electron chi connectivity index (χ2n) is 6.42. The number of methoxy groups -OCH3 is 1. The molecule has 4 atom stereocenters. The lowest BCUT2D eigenvalue weighted by Crippen LogP contribution is -2.53. The van der Waals surface area contributed by atoms with Crippen LogP contribution in [0.3, 0.4) is 0 Å². The number of hydrogen-bond donors (Lipinski definition) is 3. The van der Waals surface area contributed by atoms with Crippen molar-refractivity contribution < 1.29 is 29.6 Å². The van der Waals surface area contributed by atoms with Crippen molar-refractivity contribution in [1.29, 1.82) is 0 Å². The maximum Gasteiger partial charge on any atom is 0.335 e. The highest BCUT2D eigenvalue weighted by molar-refractivity contribution is 6.18. The molecule has 0 amide bonds. The predicted molar refractivity (Wildman–Crippen MR) is 85.0 cm³/mol. The molecule has 0 unspecified atom stereocenters. The van der Waals surface area contributed by atoms with Gasteiger partial charge < -0.3 is 20.1 Å². The molecule has 6 nitrogen and oxygen atoms in total. The number of allylic oxidation sites excluding steroid dienone is 1. The highest BCUT2D eigenvalue weighted by atomic mass is 35.5. The molecule has 7 heteroatoms. The predicted octanol–water partition coefficient (Wildman–Crippen LogP) is 1.43. The number of alkyl halides is 1. The largest absolute Gasteiger partial charge is 0.481 e. The van der Waals surface area contributed by atoms with Gasteiger partial charge in [-0.05, 0) is 30.6 Å². The SMILES string of the molecule is COC(=O)/C(=C/[C@@H]1[C@@H](C(C)C)CC[C@@](O)(CCl)[C@H]1C(=O)O)CO. The van der Waals surface area contributed by atoms with Gasteiger partial charge in [0.2, 0.25) is 0 Å². The van der Waals surface area contributed by atoms with Gasteiger partial charge in [-0.25, -0.2) is 4.79 Å². The molecule has 132 valence electrons. The quantitative estimate of drug-likeness (QED) is 0.381. The Labute approximate surface area is 141 Å². The Hall–Kier alpha value is -1.11. The van der Waals surface area contributed by atoms with Crippen LogP contribution in [-0.4, -0.2) is 52.5 Å². The van der Waals surface area contributed by atoms with Crippen molar-refractivity contribution >= 4 is 23.5 Å². The van der Waals surface area contributed by atoms with Crippen LogP contribution < -0.4 is 0 Å². The number of rotatable bonds is 6. The summed E-state index contributed by atoms with van der Waals surface area (Å²) in [5.41, 5.74) is -1.55. The molecule has 0 aliphatic heterocycles. The van der Waals surface area contributed by atoms with Crippen LogP contribution >= 0.6 is 11.6 Å². The number of carboxylic acid groups (broad SMARTS) is 1. The van der Waals surface area contributed by atoms with Crippen LogP contribution in [0.5, 0.6) is 0 Å². The lowest BCUT2D eigenvalue weighted by Gasteiger charge is -2.46. The van der Waals surface area contributed by atoms with Crippen LogP contribution in [0, 0.1) is 23.7 Å². The van der Waals surface area contributed by atoms with Crippen LogP contribution in [0.25, 0.3) is 0 Å². The smallest absolute Gasteiger partial charge is 0.335 e. The first-order valence-corrected chi connectivity index (χ1v) is 8.16. The Morgan fingerprint density at radius 3 is 2.43 bits per heavy atom. The highest BCUT2D eigenvalue weighted by Gasteiger charge is 2.51. The molecule has 1 rings (SSSR count). The highest BCUT2D eigenvalue weighted by Crippen LogP contribution is 2.46. The molecule has 23 heavy (non-hydrogen) atoms. The number of ether oxygens (including phenoxy) is 1. The maximum atomic E-state index is 11.8. The third kappa shape index (κ3) is 4.25. The Balaban J connectivity index is 3.37. The summed E-state index contributed by atoms with van der Waals surface area (Å²) in [6, 6.07) is 0. The van der Waals surface area contributed by atoms with E-state index in [1.165, 1.54) is 13.2 Å². The van der Waals surface area contributed by atoms with Crippen molar-refractivity contribution in [2.24, 2.45) is 23.7 Å². The lowest BCUT2D eigenvalue weighted by molar-refractivity contribution is -0.161. The van der Waals surface area contributed by atoms with Gasteiger partial charge in [0.15, 0.2) is 0 Å². The zero-order valence-electron chi connectivity index (χ0n) is 13.7. The van der Waals surface area contributed by atoms with Gasteiger partial charge in [0, 0.05) is 0 Å². The van der Waals surface area contributed by atoms with Crippen molar-refractivity contribution in [3.8, 4) is 0 Å². The fraction of sp³-hybridized carbons (Fsp3) is 0.750. The first-order valence-electron chi connectivity index (χ1n) is 7.62. The maximum absolute atomic E-state index is 11.8. The Morgan fingerprint density at radius 2 is 2.04 bits per heavy atom. The zero-order valence-corrected chi connectivity index (χ0v) is 14.4. The summed E-state index contributed by atoms with van der Waals surface area (Å²) < 4.78 is 4.61. The molecule has 1 fully saturated rings. The molecular weight excluding hydrogens is 324 g/mol. The second-order valence-corrected chi connectivity index (χ2v) is 6.69. The number of hydrogen-bond acceptors (Lipinski definition) is 5. The fourth-order valence-electron chi connectivity index (χ4n) is 3.46. The standard InChI is InChI=1S/C16H25ClO6/c1-9(2)11-4-5-16(22,8-17)13(14(19)20)12(11)6-10(7-18)15(21)23-3/h6,9,11-13,18,22H,4-5,7-8H2,1-3H3,(H,19,20)/b10-6+/t11-,12-,13-,16-/m1/s1. The van der Waals surface area contributed by atoms with Crippen molar-refractivity contribution in [2.75, 3.05) is 19.6 Å². The van der Waals surface area contributed by atoms with E-state index in [-0.39, 0.29) is 29.7 Å². The number of halogens is 1. The Morgan fingerprint density at radius 1 is 1.43 bits per heavy atom. The van der Waals surface area contributed by atoms with E-state index >= 15 is 0 Å². The molecule has 0 spiro atoms. The van der Waals surface area contributed by atoms with Gasteiger partial charge in [0.05, 0.1) is 36.7 Å². The summed E-state index contributed by atoms with van der Waals surface area (Å²) in [5, 5.41) is 29.7. The van der Waals surface area contributed by atoms with E-state index in [9.17, 15) is 24.9 Å². The number of carbonyl (C=O) groups excluding carboxylic acids is 1. The van der Waals surface area contributed by atoms with Gasteiger partial charge in [-0.15, -0.1) is 11.6 Å². The van der Waals surface area contributed by atoms with E-state index in [0.29, 0.717) is 6.42 Å². The van der Waals surface area contributed by atoms with Gasteiger partial charge >= 0.3 is 11.9 Å². The molecular formula is C16H25ClO6. The van der Waals surface area contributed by atoms with Crippen LogP contribution in [0.1, 0.15) is 26.7 Å². The molecule has 1 aliphatic rings. The summed E-state index contributed by atoms with van der Waals surface area (Å²) in [5.74, 6) is -3.74. The van der Waals surface area contributed by atoms with Gasteiger partial charge in [0.25, 0.3) is 0 Å². The molecule has 0 bridgehead atoms. The minimum absolute atomic E-state index is 0.00628. The molecule has 3 N–H and O–H groups in total. The topological polar surface area (TPSA) is 104 Å². The van der Waals surface area contributed by atoms with Gasteiger partial charge in [-0.2, -0.15) is 0 Å². The number of aliphatic hydroxyl groups excluding tert-OH is 1. The average molecular weight is 349 g/mol. The third-order valence-corrected chi connectivity index (χ3v) is 5.20. The summed E-state index contributed by atoms with van der Waals surface area (Å²) in [6.45, 7) is 3.37. The summed E-state index contributed by atoms with van der Waals surface area (Å²) in [7, 11) is 1.19. The van der Waals surface area contributed by atoms with Gasteiger partial charge in [-0.3, -0.25) is 4.79 Å². The van der Waals surface area contributed by atoms with Gasteiger partial charge in [0.1, 0.15) is 0 Å². The Kier molecular flexibility index (Phi) is 7.04. The van der Waals surface area contributed by atoms with Crippen LogP contribution in [0.15, 0.2) is 11.6 Å². The van der Waals surface area contributed by atoms with Crippen molar-refractivity contribution in [1.82, 2.24) is 0 Å². The van der Waals surface area contributed by atoms with E-state index < -0.39 is 36.0 Å². The average Bonchev–Trinajstić information content (AvgIpc) is 2.50. The molecule has 0 aromatic heterocycles. The van der Waals surface area contributed by atoms with E-state index in [2.05, 4.69) is 4.74 Å². The number of esters is 1. The number of carbonyl (C=O) groups is 2. The van der Waals surface area contributed by atoms with E-state index in [1.54, 1.807) is 0 Å². The zero-order chi connectivity index (χ0) is 17.8. The number of carboxylic acids is 1.